The minimum Gasteiger partial charge on any atom is -0.508 e. The second kappa shape index (κ2) is 6.37. The third kappa shape index (κ3) is 3.17. The van der Waals surface area contributed by atoms with E-state index in [0.717, 1.165) is 10.2 Å². The third-order valence-corrected chi connectivity index (χ3v) is 3.49. The van der Waals surface area contributed by atoms with Gasteiger partial charge in [-0.05, 0) is 42.8 Å². The standard InChI is InChI=1S/C18H15N3O3/c1-12-19-16-5-3-2-4-15(16)18(24)21(12)20-17(23)11-8-13-6-9-14(22)10-7-13/h2-11,22H,1H3,(H,20,23)/b11-8+. The average Bonchev–Trinajstić information content (AvgIpc) is 2.58. The number of nitrogens with one attached hydrogen (secondary N) is 1. The van der Waals surface area contributed by atoms with Gasteiger partial charge < -0.3 is 5.11 Å². The van der Waals surface area contributed by atoms with Gasteiger partial charge in [-0.3, -0.25) is 15.0 Å². The van der Waals surface area contributed by atoms with Gasteiger partial charge in [-0.15, -0.1) is 0 Å². The molecule has 2 N–H and O–H groups in total. The zero-order chi connectivity index (χ0) is 17.1. The van der Waals surface area contributed by atoms with E-state index in [-0.39, 0.29) is 11.3 Å². The van der Waals surface area contributed by atoms with Crippen LogP contribution in [0.1, 0.15) is 11.4 Å². The summed E-state index contributed by atoms with van der Waals surface area (Å²) >= 11 is 0. The molecule has 6 heteroatoms. The summed E-state index contributed by atoms with van der Waals surface area (Å²) < 4.78 is 1.13. The maximum absolute atomic E-state index is 12.5. The summed E-state index contributed by atoms with van der Waals surface area (Å²) in [4.78, 5) is 28.8. The van der Waals surface area contributed by atoms with Crippen LogP contribution in [0.4, 0.5) is 0 Å². The van der Waals surface area contributed by atoms with E-state index < -0.39 is 5.91 Å². The Labute approximate surface area is 137 Å². The summed E-state index contributed by atoms with van der Waals surface area (Å²) in [7, 11) is 0. The van der Waals surface area contributed by atoms with Crippen molar-refractivity contribution in [1.29, 1.82) is 0 Å². The molecule has 1 amide bonds. The smallest absolute Gasteiger partial charge is 0.280 e. The molecule has 0 spiro atoms. The number of phenolic OH excluding ortho intramolecular Hbond substituents is 1. The average molecular weight is 321 g/mol. The monoisotopic (exact) mass is 321 g/mol. The Hall–Kier alpha value is -3.41. The van der Waals surface area contributed by atoms with Crippen molar-refractivity contribution in [1.82, 2.24) is 9.66 Å². The van der Waals surface area contributed by atoms with Crippen LogP contribution in [0.5, 0.6) is 5.75 Å². The van der Waals surface area contributed by atoms with Crippen LogP contribution in [-0.4, -0.2) is 20.7 Å². The number of aromatic hydroxyl groups is 1. The lowest BCUT2D eigenvalue weighted by atomic mass is 10.2. The molecule has 0 unspecified atom stereocenters. The lowest BCUT2D eigenvalue weighted by molar-refractivity contribution is -0.112. The molecule has 0 aliphatic rings. The molecule has 1 aromatic heterocycles. The Kier molecular flexibility index (Phi) is 4.11. The maximum atomic E-state index is 12.5. The van der Waals surface area contributed by atoms with Crippen LogP contribution in [0.2, 0.25) is 0 Å². The molecular formula is C18H15N3O3. The number of rotatable bonds is 3. The molecule has 0 saturated carbocycles. The fourth-order valence-electron chi connectivity index (χ4n) is 2.28. The molecule has 3 aromatic rings. The van der Waals surface area contributed by atoms with Gasteiger partial charge in [0.05, 0.1) is 10.9 Å². The molecule has 0 aliphatic heterocycles. The van der Waals surface area contributed by atoms with Crippen molar-refractivity contribution in [3.63, 3.8) is 0 Å². The van der Waals surface area contributed by atoms with Crippen molar-refractivity contribution in [3.8, 4) is 5.75 Å². The number of aryl methyl sites for hydroxylation is 1. The van der Waals surface area contributed by atoms with Crippen LogP contribution in [0, 0.1) is 6.92 Å². The molecule has 0 atom stereocenters. The van der Waals surface area contributed by atoms with Crippen molar-refractivity contribution < 1.29 is 9.90 Å². The van der Waals surface area contributed by atoms with E-state index in [4.69, 9.17) is 0 Å². The first-order valence-corrected chi connectivity index (χ1v) is 7.31. The molecule has 6 nitrogen and oxygen atoms in total. The molecular weight excluding hydrogens is 306 g/mol. The van der Waals surface area contributed by atoms with E-state index in [1.807, 2.05) is 0 Å². The Morgan fingerprint density at radius 1 is 1.17 bits per heavy atom. The Balaban J connectivity index is 1.85. The largest absolute Gasteiger partial charge is 0.508 e. The van der Waals surface area contributed by atoms with Crippen LogP contribution < -0.4 is 11.0 Å². The number of benzene rings is 2. The van der Waals surface area contributed by atoms with Gasteiger partial charge in [-0.25, -0.2) is 9.66 Å². The van der Waals surface area contributed by atoms with Crippen molar-refractivity contribution in [2.75, 3.05) is 5.43 Å². The lowest BCUT2D eigenvalue weighted by Crippen LogP contribution is -2.34. The first kappa shape index (κ1) is 15.5. The Morgan fingerprint density at radius 3 is 2.62 bits per heavy atom. The van der Waals surface area contributed by atoms with E-state index in [1.54, 1.807) is 49.4 Å². The van der Waals surface area contributed by atoms with Crippen LogP contribution >= 0.6 is 0 Å². The number of nitrogens with zero attached hydrogens (tertiary/aromatic N) is 2. The highest BCUT2D eigenvalue weighted by molar-refractivity contribution is 5.97. The minimum atomic E-state index is -0.453. The number of carbonyl (C=O) groups excluding carboxylic acids is 1. The molecule has 0 bridgehead atoms. The van der Waals surface area contributed by atoms with E-state index in [1.165, 1.54) is 18.2 Å². The van der Waals surface area contributed by atoms with Gasteiger partial charge in [0.1, 0.15) is 11.6 Å². The second-order valence-electron chi connectivity index (χ2n) is 5.22. The zero-order valence-corrected chi connectivity index (χ0v) is 12.9. The number of phenols is 1. The highest BCUT2D eigenvalue weighted by atomic mass is 16.3. The number of para-hydroxylation sites is 1. The molecule has 0 saturated heterocycles. The topological polar surface area (TPSA) is 84.2 Å². The van der Waals surface area contributed by atoms with E-state index in [9.17, 15) is 14.7 Å². The van der Waals surface area contributed by atoms with Crippen LogP contribution in [-0.2, 0) is 4.79 Å². The van der Waals surface area contributed by atoms with Gasteiger partial charge in [0.2, 0.25) is 0 Å². The molecule has 2 aromatic carbocycles. The summed E-state index contributed by atoms with van der Waals surface area (Å²) in [6.07, 6.45) is 2.90. The van der Waals surface area contributed by atoms with Gasteiger partial charge in [0, 0.05) is 6.08 Å². The fraction of sp³-hybridized carbons (Fsp3) is 0.0556. The summed E-state index contributed by atoms with van der Waals surface area (Å²) in [5.41, 5.74) is 3.53. The number of carbonyl (C=O) groups is 1. The molecule has 0 radical (unpaired) electrons. The first-order valence-electron chi connectivity index (χ1n) is 7.31. The third-order valence-electron chi connectivity index (χ3n) is 3.49. The maximum Gasteiger partial charge on any atom is 0.280 e. The summed E-state index contributed by atoms with van der Waals surface area (Å²) in [5.74, 6) is 0.0939. The molecule has 120 valence electrons. The fourth-order valence-corrected chi connectivity index (χ4v) is 2.28. The number of hydrogen-bond donors (Lipinski definition) is 2. The predicted octanol–water partition coefficient (Wildman–Crippen LogP) is 2.19. The molecule has 0 fully saturated rings. The number of hydrogen-bond acceptors (Lipinski definition) is 4. The minimum absolute atomic E-state index is 0.154. The predicted molar refractivity (Wildman–Crippen MR) is 92.2 cm³/mol. The quantitative estimate of drug-likeness (QED) is 0.724. The van der Waals surface area contributed by atoms with Gasteiger partial charge in [-0.1, -0.05) is 24.3 Å². The van der Waals surface area contributed by atoms with E-state index in [0.29, 0.717) is 16.7 Å². The van der Waals surface area contributed by atoms with Crippen molar-refractivity contribution in [2.45, 2.75) is 6.92 Å². The van der Waals surface area contributed by atoms with E-state index >= 15 is 0 Å². The van der Waals surface area contributed by atoms with Crippen molar-refractivity contribution in [2.24, 2.45) is 0 Å². The summed E-state index contributed by atoms with van der Waals surface area (Å²) in [5, 5.41) is 9.66. The second-order valence-corrected chi connectivity index (χ2v) is 5.22. The normalized spacial score (nSPS) is 11.0. The SMILES string of the molecule is Cc1nc2ccccc2c(=O)n1NC(=O)/C=C/c1ccc(O)cc1. The van der Waals surface area contributed by atoms with Crippen molar-refractivity contribution >= 4 is 22.9 Å². The number of aromatic nitrogens is 2. The van der Waals surface area contributed by atoms with E-state index in [2.05, 4.69) is 10.4 Å². The number of amides is 1. The Morgan fingerprint density at radius 2 is 1.88 bits per heavy atom. The summed E-state index contributed by atoms with van der Waals surface area (Å²) in [6, 6.07) is 13.4. The zero-order valence-electron chi connectivity index (χ0n) is 12.9. The van der Waals surface area contributed by atoms with Crippen LogP contribution in [0.3, 0.4) is 0 Å². The van der Waals surface area contributed by atoms with Gasteiger partial charge in [-0.2, -0.15) is 0 Å². The molecule has 0 aliphatic carbocycles. The highest BCUT2D eigenvalue weighted by Crippen LogP contribution is 2.10. The van der Waals surface area contributed by atoms with Crippen molar-refractivity contribution in [3.05, 3.63) is 76.3 Å². The molecule has 3 rings (SSSR count). The van der Waals surface area contributed by atoms with Crippen LogP contribution in [0.15, 0.2) is 59.4 Å². The van der Waals surface area contributed by atoms with Crippen LogP contribution in [0.25, 0.3) is 17.0 Å². The number of fused-ring (bicyclic) bond motifs is 1. The first-order chi connectivity index (χ1) is 11.5. The highest BCUT2D eigenvalue weighted by Gasteiger charge is 2.08. The lowest BCUT2D eigenvalue weighted by Gasteiger charge is -2.10. The van der Waals surface area contributed by atoms with Gasteiger partial charge in [0.15, 0.2) is 0 Å². The Bertz CT molecular complexity index is 989. The molecule has 24 heavy (non-hydrogen) atoms. The molecule has 1 heterocycles. The van der Waals surface area contributed by atoms with Gasteiger partial charge in [0.25, 0.3) is 11.5 Å². The summed E-state index contributed by atoms with van der Waals surface area (Å²) in [6.45, 7) is 1.65. The van der Waals surface area contributed by atoms with Gasteiger partial charge >= 0.3 is 0 Å².